The minimum atomic E-state index is -0.360. The number of carbonyl (C=O) groups excluding carboxylic acids is 2. The van der Waals surface area contributed by atoms with Gasteiger partial charge in [-0.1, -0.05) is 43.3 Å². The Morgan fingerprint density at radius 2 is 1.70 bits per heavy atom. The normalized spacial score (nSPS) is 10.3. The predicted octanol–water partition coefficient (Wildman–Crippen LogP) is 4.46. The fourth-order valence-corrected chi connectivity index (χ4v) is 2.80. The molecular formula is C22H21N3O2. The van der Waals surface area contributed by atoms with Crippen LogP contribution in [0, 0.1) is 6.92 Å². The maximum atomic E-state index is 12.7. The lowest BCUT2D eigenvalue weighted by molar-refractivity contribution is 0.102. The van der Waals surface area contributed by atoms with Crippen LogP contribution >= 0.6 is 0 Å². The quantitative estimate of drug-likeness (QED) is 0.707. The number of nitrogens with one attached hydrogen (secondary N) is 2. The van der Waals surface area contributed by atoms with Crippen LogP contribution in [-0.4, -0.2) is 16.8 Å². The summed E-state index contributed by atoms with van der Waals surface area (Å²) in [5, 5.41) is 5.73. The van der Waals surface area contributed by atoms with Gasteiger partial charge >= 0.3 is 0 Å². The average Bonchev–Trinajstić information content (AvgIpc) is 2.70. The van der Waals surface area contributed by atoms with Crippen molar-refractivity contribution in [2.75, 3.05) is 10.6 Å². The standard InChI is InChI=1S/C22H21N3O2/c1-3-16-9-7-8-15(2)20(16)25-21(26)17-12-13-23-19(14-17)22(27)24-18-10-5-4-6-11-18/h4-14H,3H2,1-2H3,(H,24,27)(H,25,26). The van der Waals surface area contributed by atoms with Crippen molar-refractivity contribution in [2.45, 2.75) is 20.3 Å². The second-order valence-electron chi connectivity index (χ2n) is 6.17. The van der Waals surface area contributed by atoms with E-state index in [2.05, 4.69) is 15.6 Å². The van der Waals surface area contributed by atoms with E-state index in [9.17, 15) is 9.59 Å². The first-order valence-corrected chi connectivity index (χ1v) is 8.80. The van der Waals surface area contributed by atoms with Gasteiger partial charge in [0.05, 0.1) is 0 Å². The zero-order chi connectivity index (χ0) is 19.2. The smallest absolute Gasteiger partial charge is 0.274 e. The third-order valence-electron chi connectivity index (χ3n) is 4.26. The second kappa shape index (κ2) is 8.27. The van der Waals surface area contributed by atoms with Crippen molar-refractivity contribution in [1.82, 2.24) is 4.98 Å². The fraction of sp³-hybridized carbons (Fsp3) is 0.136. The Morgan fingerprint density at radius 1 is 0.926 bits per heavy atom. The molecular weight excluding hydrogens is 338 g/mol. The van der Waals surface area contributed by atoms with Gasteiger partial charge in [0.1, 0.15) is 5.69 Å². The van der Waals surface area contributed by atoms with Gasteiger partial charge in [0.15, 0.2) is 0 Å². The first-order valence-electron chi connectivity index (χ1n) is 8.80. The fourth-order valence-electron chi connectivity index (χ4n) is 2.80. The highest BCUT2D eigenvalue weighted by molar-refractivity contribution is 6.08. The molecule has 0 fully saturated rings. The van der Waals surface area contributed by atoms with Crippen molar-refractivity contribution in [3.63, 3.8) is 0 Å². The van der Waals surface area contributed by atoms with Gasteiger partial charge < -0.3 is 10.6 Å². The second-order valence-corrected chi connectivity index (χ2v) is 6.17. The van der Waals surface area contributed by atoms with Crippen LogP contribution in [-0.2, 0) is 6.42 Å². The van der Waals surface area contributed by atoms with Crippen molar-refractivity contribution in [3.8, 4) is 0 Å². The molecule has 27 heavy (non-hydrogen) atoms. The molecule has 5 nitrogen and oxygen atoms in total. The van der Waals surface area contributed by atoms with Crippen molar-refractivity contribution in [1.29, 1.82) is 0 Å². The molecule has 0 saturated carbocycles. The van der Waals surface area contributed by atoms with Crippen LogP contribution in [0.2, 0.25) is 0 Å². The summed E-state index contributed by atoms with van der Waals surface area (Å²) in [6, 6.07) is 18.1. The largest absolute Gasteiger partial charge is 0.321 e. The van der Waals surface area contributed by atoms with Crippen molar-refractivity contribution in [2.24, 2.45) is 0 Å². The topological polar surface area (TPSA) is 71.1 Å². The number of para-hydroxylation sites is 2. The zero-order valence-corrected chi connectivity index (χ0v) is 15.3. The summed E-state index contributed by atoms with van der Waals surface area (Å²) >= 11 is 0. The Labute approximate surface area is 158 Å². The molecule has 1 heterocycles. The first-order chi connectivity index (χ1) is 13.1. The Kier molecular flexibility index (Phi) is 5.61. The molecule has 0 saturated heterocycles. The monoisotopic (exact) mass is 359 g/mol. The number of aryl methyl sites for hydroxylation is 2. The third-order valence-corrected chi connectivity index (χ3v) is 4.26. The number of benzene rings is 2. The van der Waals surface area contributed by atoms with Gasteiger partial charge in [-0.25, -0.2) is 0 Å². The van der Waals surface area contributed by atoms with E-state index in [-0.39, 0.29) is 17.5 Å². The molecule has 0 aliphatic carbocycles. The lowest BCUT2D eigenvalue weighted by atomic mass is 10.1. The number of carbonyl (C=O) groups is 2. The van der Waals surface area contributed by atoms with Crippen LogP contribution < -0.4 is 10.6 Å². The van der Waals surface area contributed by atoms with Gasteiger partial charge in [-0.05, 0) is 48.7 Å². The highest BCUT2D eigenvalue weighted by Gasteiger charge is 2.14. The number of nitrogens with zero attached hydrogens (tertiary/aromatic N) is 1. The molecule has 0 radical (unpaired) electrons. The van der Waals surface area contributed by atoms with Crippen LogP contribution in [0.15, 0.2) is 66.9 Å². The number of rotatable bonds is 5. The lowest BCUT2D eigenvalue weighted by Crippen LogP contribution is -2.17. The summed E-state index contributed by atoms with van der Waals surface area (Å²) in [4.78, 5) is 29.2. The molecule has 0 aliphatic heterocycles. The molecule has 5 heteroatoms. The maximum absolute atomic E-state index is 12.7. The minimum absolute atomic E-state index is 0.187. The van der Waals surface area contributed by atoms with E-state index in [0.29, 0.717) is 11.3 Å². The number of aromatic nitrogens is 1. The van der Waals surface area contributed by atoms with E-state index in [1.807, 2.05) is 50.2 Å². The van der Waals surface area contributed by atoms with Crippen LogP contribution in [0.3, 0.4) is 0 Å². The molecule has 2 N–H and O–H groups in total. The third kappa shape index (κ3) is 4.39. The summed E-state index contributed by atoms with van der Waals surface area (Å²) in [5.41, 5.74) is 4.13. The van der Waals surface area contributed by atoms with E-state index >= 15 is 0 Å². The highest BCUT2D eigenvalue weighted by atomic mass is 16.2. The van der Waals surface area contributed by atoms with Gasteiger partial charge in [0.25, 0.3) is 11.8 Å². The van der Waals surface area contributed by atoms with Gasteiger partial charge in [0.2, 0.25) is 0 Å². The molecule has 0 aliphatic rings. The van der Waals surface area contributed by atoms with Crippen molar-refractivity contribution >= 4 is 23.2 Å². The summed E-state index contributed by atoms with van der Waals surface area (Å²) in [6.07, 6.45) is 2.28. The summed E-state index contributed by atoms with van der Waals surface area (Å²) in [5.74, 6) is -0.629. The highest BCUT2D eigenvalue weighted by Crippen LogP contribution is 2.22. The molecule has 0 atom stereocenters. The van der Waals surface area contributed by atoms with Crippen LogP contribution in [0.5, 0.6) is 0 Å². The number of pyridine rings is 1. The van der Waals surface area contributed by atoms with Crippen LogP contribution in [0.4, 0.5) is 11.4 Å². The van der Waals surface area contributed by atoms with Gasteiger partial charge in [0, 0.05) is 23.1 Å². The SMILES string of the molecule is CCc1cccc(C)c1NC(=O)c1ccnc(C(=O)Nc2ccccc2)c1. The Hall–Kier alpha value is -3.47. The Balaban J connectivity index is 1.79. The van der Waals surface area contributed by atoms with Gasteiger partial charge in [-0.3, -0.25) is 14.6 Å². The van der Waals surface area contributed by atoms with E-state index < -0.39 is 0 Å². The van der Waals surface area contributed by atoms with E-state index in [0.717, 1.165) is 23.2 Å². The minimum Gasteiger partial charge on any atom is -0.321 e. The van der Waals surface area contributed by atoms with Gasteiger partial charge in [-0.2, -0.15) is 0 Å². The van der Waals surface area contributed by atoms with E-state index in [1.165, 1.54) is 12.3 Å². The molecule has 1 aromatic heterocycles. The Bertz CT molecular complexity index is 968. The number of hydrogen-bond acceptors (Lipinski definition) is 3. The summed E-state index contributed by atoms with van der Waals surface area (Å²) < 4.78 is 0. The molecule has 136 valence electrons. The number of anilines is 2. The predicted molar refractivity (Wildman–Crippen MR) is 107 cm³/mol. The first kappa shape index (κ1) is 18.3. The van der Waals surface area contributed by atoms with E-state index in [4.69, 9.17) is 0 Å². The molecule has 0 bridgehead atoms. The summed E-state index contributed by atoms with van der Waals surface area (Å²) in [7, 11) is 0. The van der Waals surface area contributed by atoms with Crippen molar-refractivity contribution in [3.05, 3.63) is 89.2 Å². The molecule has 0 unspecified atom stereocenters. The van der Waals surface area contributed by atoms with Crippen molar-refractivity contribution < 1.29 is 9.59 Å². The molecule has 2 aromatic carbocycles. The number of amides is 2. The zero-order valence-electron chi connectivity index (χ0n) is 15.3. The van der Waals surface area contributed by atoms with Crippen LogP contribution in [0.1, 0.15) is 38.9 Å². The Morgan fingerprint density at radius 3 is 2.44 bits per heavy atom. The van der Waals surface area contributed by atoms with Gasteiger partial charge in [-0.15, -0.1) is 0 Å². The summed E-state index contributed by atoms with van der Waals surface area (Å²) in [6.45, 7) is 4.00. The molecule has 0 spiro atoms. The number of hydrogen-bond donors (Lipinski definition) is 2. The molecule has 3 rings (SSSR count). The lowest BCUT2D eigenvalue weighted by Gasteiger charge is -2.13. The molecule has 3 aromatic rings. The van der Waals surface area contributed by atoms with E-state index in [1.54, 1.807) is 18.2 Å². The average molecular weight is 359 g/mol. The molecule has 2 amide bonds. The van der Waals surface area contributed by atoms with Crippen LogP contribution in [0.25, 0.3) is 0 Å². The maximum Gasteiger partial charge on any atom is 0.274 e.